The van der Waals surface area contributed by atoms with Crippen LogP contribution in [0.25, 0.3) is 0 Å². The number of fused-ring (bicyclic) bond motifs is 1. The number of nitrogens with zero attached hydrogens (tertiary/aromatic N) is 1. The van der Waals surface area contributed by atoms with E-state index in [1.807, 2.05) is 24.3 Å². The van der Waals surface area contributed by atoms with E-state index in [0.29, 0.717) is 12.4 Å². The van der Waals surface area contributed by atoms with Gasteiger partial charge in [0, 0.05) is 11.8 Å². The highest BCUT2D eigenvalue weighted by Crippen LogP contribution is 2.33. The third-order valence-corrected chi connectivity index (χ3v) is 3.03. The molecule has 1 aliphatic heterocycles. The Balaban J connectivity index is 1.78. The Morgan fingerprint density at radius 1 is 1.32 bits per heavy atom. The van der Waals surface area contributed by atoms with Crippen molar-refractivity contribution in [2.75, 3.05) is 11.9 Å². The highest BCUT2D eigenvalue weighted by atomic mass is 16.5. The molecular weight excluding hydrogens is 244 g/mol. The molecule has 3 rings (SSSR count). The molecular formula is C14H12N2O3. The lowest BCUT2D eigenvalue weighted by atomic mass is 10.1. The first-order valence-electron chi connectivity index (χ1n) is 5.91. The normalized spacial score (nSPS) is 16.5. The fraction of sp³-hybridized carbons (Fsp3) is 0.143. The van der Waals surface area contributed by atoms with Gasteiger partial charge in [-0.2, -0.15) is 0 Å². The number of hydrogen-bond donors (Lipinski definition) is 2. The average Bonchev–Trinajstić information content (AvgIpc) is 2.83. The number of carbonyl (C=O) groups is 1. The van der Waals surface area contributed by atoms with E-state index in [-0.39, 0.29) is 11.6 Å². The van der Waals surface area contributed by atoms with Gasteiger partial charge in [-0.05, 0) is 18.2 Å². The first-order chi connectivity index (χ1) is 9.24. The molecule has 0 aliphatic carbocycles. The summed E-state index contributed by atoms with van der Waals surface area (Å²) in [6.07, 6.45) is 1.34. The van der Waals surface area contributed by atoms with Crippen molar-refractivity contribution in [3.05, 3.63) is 53.7 Å². The summed E-state index contributed by atoms with van der Waals surface area (Å²) in [4.78, 5) is 14.8. The predicted octanol–water partition coefficient (Wildman–Crippen LogP) is 2.33. The van der Waals surface area contributed by atoms with Crippen LogP contribution in [0.5, 0.6) is 5.75 Å². The van der Waals surface area contributed by atoms with Crippen LogP contribution in [0.4, 0.5) is 5.82 Å². The van der Waals surface area contributed by atoms with Crippen LogP contribution in [-0.2, 0) is 0 Å². The SMILES string of the molecule is O=C(O)c1ccc(NC2COc3ccccc32)nc1. The lowest BCUT2D eigenvalue weighted by Crippen LogP contribution is -2.13. The van der Waals surface area contributed by atoms with Gasteiger partial charge in [-0.1, -0.05) is 18.2 Å². The van der Waals surface area contributed by atoms with E-state index >= 15 is 0 Å². The molecule has 0 bridgehead atoms. The first-order valence-corrected chi connectivity index (χ1v) is 5.91. The second-order valence-corrected chi connectivity index (χ2v) is 4.28. The smallest absolute Gasteiger partial charge is 0.337 e. The van der Waals surface area contributed by atoms with E-state index in [4.69, 9.17) is 9.84 Å². The van der Waals surface area contributed by atoms with Crippen LogP contribution < -0.4 is 10.1 Å². The third kappa shape index (κ3) is 2.22. The van der Waals surface area contributed by atoms with E-state index in [1.54, 1.807) is 6.07 Å². The number of pyridine rings is 1. The van der Waals surface area contributed by atoms with Gasteiger partial charge in [-0.25, -0.2) is 9.78 Å². The van der Waals surface area contributed by atoms with Crippen molar-refractivity contribution in [1.82, 2.24) is 4.98 Å². The van der Waals surface area contributed by atoms with Gasteiger partial charge in [0.2, 0.25) is 0 Å². The number of ether oxygens (including phenoxy) is 1. The highest BCUT2D eigenvalue weighted by molar-refractivity contribution is 5.87. The van der Waals surface area contributed by atoms with Gasteiger partial charge in [0.1, 0.15) is 18.2 Å². The minimum Gasteiger partial charge on any atom is -0.491 e. The number of aromatic nitrogens is 1. The number of para-hydroxylation sites is 1. The number of hydrogen-bond acceptors (Lipinski definition) is 4. The molecule has 0 spiro atoms. The Kier molecular flexibility index (Phi) is 2.79. The van der Waals surface area contributed by atoms with Crippen LogP contribution >= 0.6 is 0 Å². The van der Waals surface area contributed by atoms with Crippen LogP contribution in [0.2, 0.25) is 0 Å². The summed E-state index contributed by atoms with van der Waals surface area (Å²) in [5.74, 6) is 0.533. The molecule has 1 aromatic heterocycles. The zero-order valence-electron chi connectivity index (χ0n) is 10.0. The minimum absolute atomic E-state index is 0.0411. The molecule has 96 valence electrons. The van der Waals surface area contributed by atoms with Crippen LogP contribution in [0.1, 0.15) is 22.0 Å². The van der Waals surface area contributed by atoms with Crippen molar-refractivity contribution in [2.45, 2.75) is 6.04 Å². The molecule has 0 saturated heterocycles. The lowest BCUT2D eigenvalue weighted by Gasteiger charge is -2.12. The topological polar surface area (TPSA) is 71.5 Å². The van der Waals surface area contributed by atoms with E-state index in [2.05, 4.69) is 10.3 Å². The van der Waals surface area contributed by atoms with Crippen LogP contribution in [0, 0.1) is 0 Å². The standard InChI is InChI=1S/C14H12N2O3/c17-14(18)9-5-6-13(15-7-9)16-11-8-19-12-4-2-1-3-10(11)12/h1-7,11H,8H2,(H,15,16)(H,17,18). The molecule has 1 atom stereocenters. The molecule has 1 aliphatic rings. The summed E-state index contributed by atoms with van der Waals surface area (Å²) in [7, 11) is 0. The molecule has 5 heteroatoms. The van der Waals surface area contributed by atoms with Crippen molar-refractivity contribution in [2.24, 2.45) is 0 Å². The zero-order valence-corrected chi connectivity index (χ0v) is 10.0. The highest BCUT2D eigenvalue weighted by Gasteiger charge is 2.23. The summed E-state index contributed by atoms with van der Waals surface area (Å²) in [6.45, 7) is 0.543. The summed E-state index contributed by atoms with van der Waals surface area (Å²) in [5, 5.41) is 12.0. The predicted molar refractivity (Wildman–Crippen MR) is 69.5 cm³/mol. The fourth-order valence-electron chi connectivity index (χ4n) is 2.07. The molecule has 0 saturated carbocycles. The number of rotatable bonds is 3. The zero-order chi connectivity index (χ0) is 13.2. The maximum absolute atomic E-state index is 10.7. The quantitative estimate of drug-likeness (QED) is 0.881. The molecule has 0 fully saturated rings. The van der Waals surface area contributed by atoms with E-state index in [0.717, 1.165) is 11.3 Å². The molecule has 19 heavy (non-hydrogen) atoms. The van der Waals surface area contributed by atoms with Gasteiger partial charge in [0.15, 0.2) is 0 Å². The van der Waals surface area contributed by atoms with Crippen LogP contribution in [0.3, 0.4) is 0 Å². The molecule has 2 heterocycles. The third-order valence-electron chi connectivity index (χ3n) is 3.03. The Labute approximate surface area is 109 Å². The Bertz CT molecular complexity index is 610. The van der Waals surface area contributed by atoms with Gasteiger partial charge < -0.3 is 15.2 Å². The van der Waals surface area contributed by atoms with Crippen LogP contribution in [-0.4, -0.2) is 22.7 Å². The van der Waals surface area contributed by atoms with Gasteiger partial charge >= 0.3 is 5.97 Å². The van der Waals surface area contributed by atoms with Crippen molar-refractivity contribution < 1.29 is 14.6 Å². The number of benzene rings is 1. The van der Waals surface area contributed by atoms with E-state index in [1.165, 1.54) is 12.3 Å². The second-order valence-electron chi connectivity index (χ2n) is 4.28. The Morgan fingerprint density at radius 3 is 2.89 bits per heavy atom. The Morgan fingerprint density at radius 2 is 2.16 bits per heavy atom. The maximum atomic E-state index is 10.7. The molecule has 1 aromatic carbocycles. The average molecular weight is 256 g/mol. The van der Waals surface area contributed by atoms with Crippen molar-refractivity contribution in [3.63, 3.8) is 0 Å². The molecule has 2 N–H and O–H groups in total. The summed E-state index contributed by atoms with van der Waals surface area (Å²) < 4.78 is 5.56. The first kappa shape index (κ1) is 11.5. The van der Waals surface area contributed by atoms with Crippen LogP contribution in [0.15, 0.2) is 42.6 Å². The summed E-state index contributed by atoms with van der Waals surface area (Å²) >= 11 is 0. The van der Waals surface area contributed by atoms with Gasteiger partial charge in [-0.15, -0.1) is 0 Å². The summed E-state index contributed by atoms with van der Waals surface area (Å²) in [5.41, 5.74) is 1.26. The van der Waals surface area contributed by atoms with Crippen molar-refractivity contribution >= 4 is 11.8 Å². The molecule has 1 unspecified atom stereocenters. The lowest BCUT2D eigenvalue weighted by molar-refractivity contribution is 0.0696. The van der Waals surface area contributed by atoms with Gasteiger partial charge in [0.05, 0.1) is 11.6 Å². The minimum atomic E-state index is -0.978. The number of aromatic carboxylic acids is 1. The molecule has 5 nitrogen and oxygen atoms in total. The molecule has 0 radical (unpaired) electrons. The fourth-order valence-corrected chi connectivity index (χ4v) is 2.07. The van der Waals surface area contributed by atoms with Gasteiger partial charge in [-0.3, -0.25) is 0 Å². The van der Waals surface area contributed by atoms with Gasteiger partial charge in [0.25, 0.3) is 0 Å². The molecule has 2 aromatic rings. The van der Waals surface area contributed by atoms with E-state index in [9.17, 15) is 4.79 Å². The summed E-state index contributed by atoms with van der Waals surface area (Å²) in [6, 6.07) is 11.1. The second kappa shape index (κ2) is 4.61. The van der Waals surface area contributed by atoms with E-state index < -0.39 is 5.97 Å². The number of carboxylic acid groups (broad SMARTS) is 1. The van der Waals surface area contributed by atoms with Crippen molar-refractivity contribution in [1.29, 1.82) is 0 Å². The number of anilines is 1. The number of carboxylic acids is 1. The molecule has 0 amide bonds. The van der Waals surface area contributed by atoms with Crippen molar-refractivity contribution in [3.8, 4) is 5.75 Å². The Hall–Kier alpha value is -2.56. The monoisotopic (exact) mass is 256 g/mol. The maximum Gasteiger partial charge on any atom is 0.337 e. The largest absolute Gasteiger partial charge is 0.491 e. The number of nitrogens with one attached hydrogen (secondary N) is 1.